The third-order valence-corrected chi connectivity index (χ3v) is 6.62. The highest BCUT2D eigenvalue weighted by atomic mass is 15.1. The minimum atomic E-state index is -0.516. The van der Waals surface area contributed by atoms with Gasteiger partial charge in [0.15, 0.2) is 0 Å². The molecule has 8 heteroatoms. The fourth-order valence-corrected chi connectivity index (χ4v) is 4.55. The number of benzene rings is 2. The van der Waals surface area contributed by atoms with E-state index in [0.29, 0.717) is 28.1 Å². The molecule has 37 heavy (non-hydrogen) atoms. The molecule has 0 aliphatic rings. The van der Waals surface area contributed by atoms with Gasteiger partial charge >= 0.3 is 0 Å². The average molecular weight is 481 g/mol. The Balaban J connectivity index is 1.42. The van der Waals surface area contributed by atoms with Gasteiger partial charge in [0, 0.05) is 5.41 Å². The van der Waals surface area contributed by atoms with Crippen LogP contribution in [0.5, 0.6) is 0 Å². The number of hydrogen-bond acceptors (Lipinski definition) is 5. The summed E-state index contributed by atoms with van der Waals surface area (Å²) in [6.07, 6.45) is 3.40. The summed E-state index contributed by atoms with van der Waals surface area (Å²) >= 11 is 0. The Morgan fingerprint density at radius 2 is 1.30 bits per heavy atom. The van der Waals surface area contributed by atoms with E-state index in [0.717, 1.165) is 28.2 Å². The van der Waals surface area contributed by atoms with E-state index >= 15 is 0 Å². The Morgan fingerprint density at radius 1 is 0.757 bits per heavy atom. The summed E-state index contributed by atoms with van der Waals surface area (Å²) in [6, 6.07) is 25.1. The zero-order valence-electron chi connectivity index (χ0n) is 20.2. The zero-order chi connectivity index (χ0) is 25.6. The molecule has 0 saturated carbocycles. The van der Waals surface area contributed by atoms with E-state index in [4.69, 9.17) is 16.5 Å². The Morgan fingerprint density at radius 3 is 1.89 bits per heavy atom. The summed E-state index contributed by atoms with van der Waals surface area (Å²) in [4.78, 5) is 22.5. The maximum Gasteiger partial charge on any atom is 0.214 e. The lowest BCUT2D eigenvalue weighted by Gasteiger charge is -2.25. The molecule has 0 saturated heterocycles. The van der Waals surface area contributed by atoms with Gasteiger partial charge in [-0.3, -0.25) is 9.13 Å². The number of rotatable bonds is 4. The molecule has 0 aliphatic heterocycles. The highest BCUT2D eigenvalue weighted by Crippen LogP contribution is 2.32. The van der Waals surface area contributed by atoms with Crippen LogP contribution < -0.4 is 0 Å². The van der Waals surface area contributed by atoms with Gasteiger partial charge in [0.25, 0.3) is 0 Å². The average Bonchev–Trinajstić information content (AvgIpc) is 3.58. The number of para-hydroxylation sites is 2. The molecule has 6 rings (SSSR count). The van der Waals surface area contributed by atoms with Crippen LogP contribution >= 0.6 is 0 Å². The van der Waals surface area contributed by atoms with Crippen LogP contribution in [0.1, 0.15) is 30.8 Å². The molecule has 0 N–H and O–H groups in total. The van der Waals surface area contributed by atoms with Crippen molar-refractivity contribution >= 4 is 27.8 Å². The van der Waals surface area contributed by atoms with Crippen LogP contribution in [0.25, 0.3) is 38.5 Å². The van der Waals surface area contributed by atoms with Crippen LogP contribution in [0.15, 0.2) is 85.5 Å². The molecule has 4 aromatic heterocycles. The summed E-state index contributed by atoms with van der Waals surface area (Å²) in [7, 11) is 0. The van der Waals surface area contributed by atoms with Gasteiger partial charge in [0.05, 0.1) is 46.4 Å². The second-order valence-electron chi connectivity index (χ2n) is 9.16. The third-order valence-electron chi connectivity index (χ3n) is 6.62. The Labute approximate surface area is 213 Å². The predicted molar refractivity (Wildman–Crippen MR) is 141 cm³/mol. The molecule has 0 unspecified atom stereocenters. The number of fused-ring (bicyclic) bond motifs is 2. The maximum atomic E-state index is 9.43. The van der Waals surface area contributed by atoms with Gasteiger partial charge in [-0.2, -0.15) is 5.26 Å². The fourth-order valence-electron chi connectivity index (χ4n) is 4.55. The molecular formula is C29H20N8. The lowest BCUT2D eigenvalue weighted by atomic mass is 9.84. The van der Waals surface area contributed by atoms with Crippen LogP contribution in [0, 0.1) is 17.9 Å². The standard InChI is InChI=1S/C29H20N8/c1-29(2,23-12-6-14-25(34-23)36-17-32-27-19(16-30)8-4-10-21(27)36)24-13-7-15-26(35-24)37-18-33-28-20(31-3)9-5-11-22(28)37/h4-15,17-18H,1-2H3. The first-order chi connectivity index (χ1) is 18.0. The number of nitrogens with zero attached hydrogens (tertiary/aromatic N) is 8. The van der Waals surface area contributed by atoms with E-state index in [1.165, 1.54) is 0 Å². The number of pyridine rings is 2. The van der Waals surface area contributed by atoms with Gasteiger partial charge in [-0.25, -0.2) is 24.8 Å². The van der Waals surface area contributed by atoms with Crippen molar-refractivity contribution < 1.29 is 0 Å². The fraction of sp³-hybridized carbons (Fsp3) is 0.103. The van der Waals surface area contributed by atoms with Gasteiger partial charge in [-0.1, -0.05) is 30.3 Å². The summed E-state index contributed by atoms with van der Waals surface area (Å²) < 4.78 is 3.80. The molecule has 8 nitrogen and oxygen atoms in total. The summed E-state index contributed by atoms with van der Waals surface area (Å²) in [5.41, 5.74) is 5.20. The molecule has 0 aliphatic carbocycles. The molecule has 0 fully saturated rings. The summed E-state index contributed by atoms with van der Waals surface area (Å²) in [6.45, 7) is 11.6. The molecule has 4 heterocycles. The van der Waals surface area contributed by atoms with Crippen molar-refractivity contribution in [2.75, 3.05) is 0 Å². The topological polar surface area (TPSA) is 89.6 Å². The quantitative estimate of drug-likeness (QED) is 0.293. The van der Waals surface area contributed by atoms with Crippen LogP contribution in [-0.2, 0) is 5.41 Å². The number of imidazole rings is 2. The van der Waals surface area contributed by atoms with Crippen molar-refractivity contribution in [3.8, 4) is 17.7 Å². The van der Waals surface area contributed by atoms with E-state index in [1.807, 2.05) is 69.8 Å². The number of nitriles is 1. The second-order valence-corrected chi connectivity index (χ2v) is 9.16. The Hall–Kier alpha value is -5.34. The minimum absolute atomic E-state index is 0.516. The molecule has 0 radical (unpaired) electrons. The molecule has 0 amide bonds. The van der Waals surface area contributed by atoms with Crippen molar-refractivity contribution in [2.24, 2.45) is 0 Å². The van der Waals surface area contributed by atoms with Crippen molar-refractivity contribution in [3.63, 3.8) is 0 Å². The monoisotopic (exact) mass is 480 g/mol. The first kappa shape index (κ1) is 22.1. The summed E-state index contributed by atoms with van der Waals surface area (Å²) in [5.74, 6) is 1.43. The van der Waals surface area contributed by atoms with Crippen LogP contribution in [0.3, 0.4) is 0 Å². The van der Waals surface area contributed by atoms with E-state index < -0.39 is 5.41 Å². The lowest BCUT2D eigenvalue weighted by Crippen LogP contribution is -2.23. The number of aromatic nitrogens is 6. The zero-order valence-corrected chi connectivity index (χ0v) is 20.2. The third kappa shape index (κ3) is 3.51. The SMILES string of the molecule is [C-]#[N+]c1cccc2c1ncn2-c1cccc(C(C)(C)c2cccc(-n3cnc4c(C#N)cccc43)n2)n1. The Kier molecular flexibility index (Phi) is 5.03. The molecular weight excluding hydrogens is 460 g/mol. The van der Waals surface area contributed by atoms with Crippen LogP contribution in [0.2, 0.25) is 0 Å². The second kappa shape index (κ2) is 8.40. The van der Waals surface area contributed by atoms with Crippen LogP contribution in [-0.4, -0.2) is 29.1 Å². The van der Waals surface area contributed by atoms with Gasteiger partial charge in [0.2, 0.25) is 5.69 Å². The van der Waals surface area contributed by atoms with E-state index in [2.05, 4.69) is 34.7 Å². The largest absolute Gasteiger partial charge is 0.284 e. The first-order valence-electron chi connectivity index (χ1n) is 11.7. The summed E-state index contributed by atoms with van der Waals surface area (Å²) in [5, 5.41) is 9.43. The molecule has 0 atom stereocenters. The van der Waals surface area contributed by atoms with Crippen molar-refractivity contribution in [3.05, 3.63) is 114 Å². The normalized spacial score (nSPS) is 11.5. The number of hydrogen-bond donors (Lipinski definition) is 0. The minimum Gasteiger partial charge on any atom is -0.284 e. The predicted octanol–water partition coefficient (Wildman–Crippen LogP) is 5.90. The van der Waals surface area contributed by atoms with Crippen molar-refractivity contribution in [1.82, 2.24) is 29.1 Å². The van der Waals surface area contributed by atoms with Gasteiger partial charge in [-0.05, 0) is 56.3 Å². The Bertz CT molecular complexity index is 1760. The van der Waals surface area contributed by atoms with E-state index in [9.17, 15) is 5.26 Å². The van der Waals surface area contributed by atoms with E-state index in [1.54, 1.807) is 24.8 Å². The molecule has 6 aromatic rings. The van der Waals surface area contributed by atoms with E-state index in [-0.39, 0.29) is 0 Å². The van der Waals surface area contributed by atoms with Crippen molar-refractivity contribution in [1.29, 1.82) is 5.26 Å². The van der Waals surface area contributed by atoms with Gasteiger partial charge in [-0.15, -0.1) is 0 Å². The highest BCUT2D eigenvalue weighted by molar-refractivity contribution is 5.89. The molecule has 0 bridgehead atoms. The maximum absolute atomic E-state index is 9.43. The van der Waals surface area contributed by atoms with Gasteiger partial charge < -0.3 is 0 Å². The highest BCUT2D eigenvalue weighted by Gasteiger charge is 2.27. The van der Waals surface area contributed by atoms with Crippen LogP contribution in [0.4, 0.5) is 5.69 Å². The molecule has 176 valence electrons. The molecule has 0 spiro atoms. The molecule has 2 aromatic carbocycles. The smallest absolute Gasteiger partial charge is 0.214 e. The van der Waals surface area contributed by atoms with Gasteiger partial charge in [0.1, 0.15) is 29.5 Å². The van der Waals surface area contributed by atoms with Crippen molar-refractivity contribution in [2.45, 2.75) is 19.3 Å². The first-order valence-corrected chi connectivity index (χ1v) is 11.7. The lowest BCUT2D eigenvalue weighted by molar-refractivity contribution is 0.592.